The van der Waals surface area contributed by atoms with E-state index in [0.717, 1.165) is 30.9 Å². The van der Waals surface area contributed by atoms with Crippen LogP contribution in [0.4, 0.5) is 5.82 Å². The molecule has 1 aromatic rings. The summed E-state index contributed by atoms with van der Waals surface area (Å²) in [6.45, 7) is 5.02. The van der Waals surface area contributed by atoms with Crippen molar-refractivity contribution in [3.05, 3.63) is 35.5 Å². The van der Waals surface area contributed by atoms with E-state index in [9.17, 15) is 0 Å². The Kier molecular flexibility index (Phi) is 5.29. The van der Waals surface area contributed by atoms with Gasteiger partial charge < -0.3 is 10.6 Å². The number of hydrogen-bond acceptors (Lipinski definition) is 3. The van der Waals surface area contributed by atoms with E-state index in [0.29, 0.717) is 11.6 Å². The first-order valence-corrected chi connectivity index (χ1v) is 5.74. The maximum Gasteiger partial charge on any atom is 0.128 e. The van der Waals surface area contributed by atoms with E-state index in [2.05, 4.69) is 16.5 Å². The molecule has 0 aromatic carbocycles. The van der Waals surface area contributed by atoms with Crippen LogP contribution in [0, 0.1) is 0 Å². The average molecular weight is 240 g/mol. The van der Waals surface area contributed by atoms with Crippen molar-refractivity contribution in [3.63, 3.8) is 0 Å². The topological polar surface area (TPSA) is 42.1 Å². The van der Waals surface area contributed by atoms with E-state index in [1.54, 1.807) is 0 Å². The Hall–Kier alpha value is -1.06. The number of nitrogens with two attached hydrogens (primary N) is 1. The first kappa shape index (κ1) is 13.0. The Balaban J connectivity index is 2.67. The second-order valence-corrected chi connectivity index (χ2v) is 4.06. The molecule has 88 valence electrons. The summed E-state index contributed by atoms with van der Waals surface area (Å²) in [5.74, 6) is 0.911. The van der Waals surface area contributed by atoms with Crippen LogP contribution in [0.25, 0.3) is 0 Å². The lowest BCUT2D eigenvalue weighted by atomic mass is 10.3. The third-order valence-corrected chi connectivity index (χ3v) is 2.73. The number of allylic oxidation sites excluding steroid dienone is 1. The summed E-state index contributed by atoms with van der Waals surface area (Å²) in [6.07, 6.45) is 4.01. The molecule has 1 rings (SSSR count). The molecule has 0 aliphatic rings. The van der Waals surface area contributed by atoms with Crippen LogP contribution in [0.15, 0.2) is 24.8 Å². The van der Waals surface area contributed by atoms with Gasteiger partial charge in [0.25, 0.3) is 0 Å². The summed E-state index contributed by atoms with van der Waals surface area (Å²) in [4.78, 5) is 6.51. The minimum Gasteiger partial charge on any atom is -0.360 e. The number of nitrogens with zero attached hydrogens (tertiary/aromatic N) is 2. The highest BCUT2D eigenvalue weighted by molar-refractivity contribution is 6.31. The molecule has 0 saturated heterocycles. The normalized spacial score (nSPS) is 10.2. The van der Waals surface area contributed by atoms with Crippen molar-refractivity contribution in [2.24, 2.45) is 5.73 Å². The van der Waals surface area contributed by atoms with E-state index >= 15 is 0 Å². The van der Waals surface area contributed by atoms with Gasteiger partial charge in [-0.15, -0.1) is 6.58 Å². The summed E-state index contributed by atoms with van der Waals surface area (Å²) in [7, 11) is 2.01. The van der Waals surface area contributed by atoms with Gasteiger partial charge in [-0.05, 0) is 25.0 Å². The number of pyridine rings is 1. The summed E-state index contributed by atoms with van der Waals surface area (Å²) in [5.41, 5.74) is 6.31. The quantitative estimate of drug-likeness (QED) is 0.613. The second-order valence-electron chi connectivity index (χ2n) is 3.65. The number of anilines is 1. The number of unbranched alkanes of at least 4 members (excludes halogenated alkanes) is 1. The van der Waals surface area contributed by atoms with Gasteiger partial charge in [-0.2, -0.15) is 0 Å². The van der Waals surface area contributed by atoms with E-state index in [4.69, 9.17) is 17.3 Å². The van der Waals surface area contributed by atoms with E-state index < -0.39 is 0 Å². The minimum atomic E-state index is 0.368. The SMILES string of the molecule is C=CCCCN(C)c1ccc(Cl)c(CN)n1. The van der Waals surface area contributed by atoms with Crippen molar-refractivity contribution in [2.45, 2.75) is 19.4 Å². The van der Waals surface area contributed by atoms with Crippen LogP contribution in [-0.4, -0.2) is 18.6 Å². The van der Waals surface area contributed by atoms with Crippen molar-refractivity contribution in [1.29, 1.82) is 0 Å². The molecule has 2 N–H and O–H groups in total. The third kappa shape index (κ3) is 3.51. The van der Waals surface area contributed by atoms with Gasteiger partial charge in [0.2, 0.25) is 0 Å². The van der Waals surface area contributed by atoms with E-state index in [1.807, 2.05) is 25.3 Å². The lowest BCUT2D eigenvalue weighted by Gasteiger charge is -2.18. The molecule has 0 radical (unpaired) electrons. The zero-order valence-electron chi connectivity index (χ0n) is 9.62. The molecule has 0 bridgehead atoms. The monoisotopic (exact) mass is 239 g/mol. The molecule has 0 aliphatic heterocycles. The summed E-state index contributed by atoms with van der Waals surface area (Å²) in [5, 5.41) is 0.630. The van der Waals surface area contributed by atoms with Crippen molar-refractivity contribution in [2.75, 3.05) is 18.5 Å². The van der Waals surface area contributed by atoms with Gasteiger partial charge in [0.1, 0.15) is 5.82 Å². The molecule has 3 nitrogen and oxygen atoms in total. The minimum absolute atomic E-state index is 0.368. The van der Waals surface area contributed by atoms with Crippen LogP contribution < -0.4 is 10.6 Å². The van der Waals surface area contributed by atoms with Gasteiger partial charge in [0.05, 0.1) is 10.7 Å². The van der Waals surface area contributed by atoms with Crippen LogP contribution in [0.5, 0.6) is 0 Å². The average Bonchev–Trinajstić information content (AvgIpc) is 2.30. The smallest absolute Gasteiger partial charge is 0.128 e. The van der Waals surface area contributed by atoms with Gasteiger partial charge in [0, 0.05) is 20.1 Å². The lowest BCUT2D eigenvalue weighted by Crippen LogP contribution is -2.20. The Bertz CT molecular complexity index is 352. The maximum atomic E-state index is 5.95. The van der Waals surface area contributed by atoms with Gasteiger partial charge in [0.15, 0.2) is 0 Å². The van der Waals surface area contributed by atoms with Gasteiger partial charge in [-0.25, -0.2) is 4.98 Å². The Morgan fingerprint density at radius 2 is 2.31 bits per heavy atom. The Labute approximate surface area is 102 Å². The molecule has 1 aromatic heterocycles. The van der Waals surface area contributed by atoms with Crippen molar-refractivity contribution >= 4 is 17.4 Å². The maximum absolute atomic E-state index is 5.95. The number of halogens is 1. The molecule has 0 fully saturated rings. The zero-order chi connectivity index (χ0) is 12.0. The summed E-state index contributed by atoms with van der Waals surface area (Å²) >= 11 is 5.95. The van der Waals surface area contributed by atoms with E-state index in [1.165, 1.54) is 0 Å². The van der Waals surface area contributed by atoms with Crippen LogP contribution in [0.1, 0.15) is 18.5 Å². The molecule has 16 heavy (non-hydrogen) atoms. The molecular formula is C12H18ClN3. The van der Waals surface area contributed by atoms with Crippen molar-refractivity contribution in [3.8, 4) is 0 Å². The second kappa shape index (κ2) is 6.51. The molecule has 4 heteroatoms. The predicted octanol–water partition coefficient (Wildman–Crippen LogP) is 2.60. The molecule has 0 aliphatic carbocycles. The standard InChI is InChI=1S/C12H18ClN3/c1-3-4-5-8-16(2)12-7-6-10(13)11(9-14)15-12/h3,6-7H,1,4-5,8-9,14H2,2H3. The fraction of sp³-hybridized carbons (Fsp3) is 0.417. The first-order valence-electron chi connectivity index (χ1n) is 5.36. The largest absolute Gasteiger partial charge is 0.360 e. The van der Waals surface area contributed by atoms with Crippen LogP contribution in [0.2, 0.25) is 5.02 Å². The number of rotatable bonds is 6. The van der Waals surface area contributed by atoms with Crippen LogP contribution in [0.3, 0.4) is 0 Å². The fourth-order valence-corrected chi connectivity index (χ4v) is 1.60. The number of aromatic nitrogens is 1. The summed E-state index contributed by atoms with van der Waals surface area (Å²) < 4.78 is 0. The van der Waals surface area contributed by atoms with Gasteiger partial charge >= 0.3 is 0 Å². The fourth-order valence-electron chi connectivity index (χ4n) is 1.42. The molecular weight excluding hydrogens is 222 g/mol. The summed E-state index contributed by atoms with van der Waals surface area (Å²) in [6, 6.07) is 3.76. The molecule has 0 atom stereocenters. The molecule has 1 heterocycles. The highest BCUT2D eigenvalue weighted by Gasteiger charge is 2.05. The van der Waals surface area contributed by atoms with Crippen LogP contribution in [-0.2, 0) is 6.54 Å². The molecule has 0 spiro atoms. The van der Waals surface area contributed by atoms with E-state index in [-0.39, 0.29) is 0 Å². The Morgan fingerprint density at radius 3 is 2.94 bits per heavy atom. The molecule has 0 saturated carbocycles. The first-order chi connectivity index (χ1) is 7.69. The zero-order valence-corrected chi connectivity index (χ0v) is 10.4. The lowest BCUT2D eigenvalue weighted by molar-refractivity contribution is 0.788. The predicted molar refractivity (Wildman–Crippen MR) is 69.8 cm³/mol. The van der Waals surface area contributed by atoms with Crippen molar-refractivity contribution < 1.29 is 0 Å². The Morgan fingerprint density at radius 1 is 1.56 bits per heavy atom. The molecule has 0 amide bonds. The van der Waals surface area contributed by atoms with Gasteiger partial charge in [-0.3, -0.25) is 0 Å². The molecule has 0 unspecified atom stereocenters. The van der Waals surface area contributed by atoms with Gasteiger partial charge in [-0.1, -0.05) is 17.7 Å². The number of hydrogen-bond donors (Lipinski definition) is 1. The van der Waals surface area contributed by atoms with Crippen LogP contribution >= 0.6 is 11.6 Å². The highest BCUT2D eigenvalue weighted by atomic mass is 35.5. The highest BCUT2D eigenvalue weighted by Crippen LogP contribution is 2.18. The third-order valence-electron chi connectivity index (χ3n) is 2.39. The van der Waals surface area contributed by atoms with Crippen molar-refractivity contribution in [1.82, 2.24) is 4.98 Å².